The van der Waals surface area contributed by atoms with Crippen molar-refractivity contribution in [2.75, 3.05) is 0 Å². The monoisotopic (exact) mass is 352 g/mol. The first-order chi connectivity index (χ1) is 11.6. The summed E-state index contributed by atoms with van der Waals surface area (Å²) in [6.07, 6.45) is 0.621. The fourth-order valence-electron chi connectivity index (χ4n) is 5.17. The number of nitrogens with one attached hydrogen (secondary N) is 1. The van der Waals surface area contributed by atoms with Crippen LogP contribution < -0.4 is 11.1 Å². The van der Waals surface area contributed by atoms with Crippen LogP contribution in [0.25, 0.3) is 0 Å². The van der Waals surface area contributed by atoms with E-state index in [1.807, 2.05) is 6.92 Å². The van der Waals surface area contributed by atoms with E-state index in [1.54, 1.807) is 0 Å². The van der Waals surface area contributed by atoms with Crippen molar-refractivity contribution in [2.24, 2.45) is 28.9 Å². The van der Waals surface area contributed by atoms with Gasteiger partial charge in [0.15, 0.2) is 5.78 Å². The van der Waals surface area contributed by atoms with Crippen LogP contribution in [0, 0.1) is 23.2 Å². The van der Waals surface area contributed by atoms with Crippen molar-refractivity contribution in [2.45, 2.75) is 77.4 Å². The number of hydrogen-bond donors (Lipinski definition) is 5. The molecule has 0 aromatic heterocycles. The molecule has 3 aliphatic rings. The highest BCUT2D eigenvalue weighted by Gasteiger charge is 2.49. The van der Waals surface area contributed by atoms with Crippen LogP contribution in [-0.2, 0) is 4.79 Å². The van der Waals surface area contributed by atoms with Crippen molar-refractivity contribution in [1.29, 1.82) is 0 Å². The minimum atomic E-state index is -0.797. The molecule has 0 saturated heterocycles. The first kappa shape index (κ1) is 18.8. The van der Waals surface area contributed by atoms with E-state index >= 15 is 0 Å². The van der Waals surface area contributed by atoms with E-state index in [2.05, 4.69) is 19.2 Å². The normalized spacial score (nSPS) is 42.6. The zero-order valence-corrected chi connectivity index (χ0v) is 15.4. The third-order valence-electron chi connectivity index (χ3n) is 6.29. The highest BCUT2D eigenvalue weighted by molar-refractivity contribution is 5.98. The maximum atomic E-state index is 13.0. The van der Waals surface area contributed by atoms with Gasteiger partial charge in [-0.1, -0.05) is 13.8 Å². The number of allylic oxidation sites excluding steroid dienone is 2. The van der Waals surface area contributed by atoms with E-state index in [1.165, 1.54) is 0 Å². The van der Waals surface area contributed by atoms with Gasteiger partial charge in [0.2, 0.25) is 0 Å². The predicted octanol–water partition coefficient (Wildman–Crippen LogP) is 0.653. The van der Waals surface area contributed by atoms with Gasteiger partial charge in [0.1, 0.15) is 6.23 Å². The fourth-order valence-corrected chi connectivity index (χ4v) is 5.17. The average molecular weight is 352 g/mol. The quantitative estimate of drug-likeness (QED) is 0.498. The van der Waals surface area contributed by atoms with E-state index in [0.29, 0.717) is 19.3 Å². The molecule has 0 radical (unpaired) electrons. The molecule has 3 rings (SSSR count). The van der Waals surface area contributed by atoms with Crippen molar-refractivity contribution in [3.05, 3.63) is 11.3 Å². The molecule has 1 saturated carbocycles. The Balaban J connectivity index is 2.01. The summed E-state index contributed by atoms with van der Waals surface area (Å²) in [7, 11) is 0. The van der Waals surface area contributed by atoms with Crippen molar-refractivity contribution in [1.82, 2.24) is 5.32 Å². The zero-order chi connectivity index (χ0) is 18.5. The standard InChI is InChI=1S/C19H32N2O4/c1-9(20)15-16(10-4-5-12(22)13(23)6-10)17-11(21-18(15)25)7-19(2,3)8-14(17)24/h9-10,12-13,15-16,18,21-23,25H,4-8,20H2,1-3H3. The van der Waals surface area contributed by atoms with E-state index in [9.17, 15) is 20.1 Å². The van der Waals surface area contributed by atoms with E-state index in [-0.39, 0.29) is 35.0 Å². The molecule has 0 aromatic rings. The van der Waals surface area contributed by atoms with Crippen LogP contribution in [0.1, 0.15) is 52.9 Å². The zero-order valence-electron chi connectivity index (χ0n) is 15.4. The lowest BCUT2D eigenvalue weighted by molar-refractivity contribution is -0.121. The summed E-state index contributed by atoms with van der Waals surface area (Å²) in [4.78, 5) is 13.0. The summed E-state index contributed by atoms with van der Waals surface area (Å²) >= 11 is 0. The Morgan fingerprint density at radius 3 is 2.44 bits per heavy atom. The smallest absolute Gasteiger partial charge is 0.161 e. The van der Waals surface area contributed by atoms with Crippen LogP contribution >= 0.6 is 0 Å². The van der Waals surface area contributed by atoms with Crippen LogP contribution in [0.3, 0.4) is 0 Å². The van der Waals surface area contributed by atoms with Gasteiger partial charge in [0, 0.05) is 35.6 Å². The van der Waals surface area contributed by atoms with Gasteiger partial charge in [-0.05, 0) is 43.9 Å². The van der Waals surface area contributed by atoms with Crippen LogP contribution in [0.2, 0.25) is 0 Å². The molecule has 2 aliphatic carbocycles. The summed E-state index contributed by atoms with van der Waals surface area (Å²) in [5.74, 6) is -0.281. The molecule has 1 heterocycles. The average Bonchev–Trinajstić information content (AvgIpc) is 2.46. The van der Waals surface area contributed by atoms with Crippen molar-refractivity contribution >= 4 is 5.78 Å². The third-order valence-corrected chi connectivity index (χ3v) is 6.29. The summed E-state index contributed by atoms with van der Waals surface area (Å²) < 4.78 is 0. The van der Waals surface area contributed by atoms with Gasteiger partial charge in [0.05, 0.1) is 12.2 Å². The molecular weight excluding hydrogens is 320 g/mol. The lowest BCUT2D eigenvalue weighted by Gasteiger charge is -2.49. The number of nitrogens with two attached hydrogens (primary N) is 1. The van der Waals surface area contributed by atoms with Gasteiger partial charge in [-0.2, -0.15) is 0 Å². The first-order valence-electron chi connectivity index (χ1n) is 9.43. The van der Waals surface area contributed by atoms with E-state index in [0.717, 1.165) is 24.1 Å². The van der Waals surface area contributed by atoms with Gasteiger partial charge >= 0.3 is 0 Å². The Labute approximate surface area is 149 Å². The Kier molecular flexibility index (Phi) is 5.01. The molecule has 0 bridgehead atoms. The van der Waals surface area contributed by atoms with Gasteiger partial charge < -0.3 is 26.4 Å². The molecule has 0 spiro atoms. The Morgan fingerprint density at radius 2 is 1.84 bits per heavy atom. The highest BCUT2D eigenvalue weighted by Crippen LogP contribution is 2.48. The highest BCUT2D eigenvalue weighted by atomic mass is 16.3. The summed E-state index contributed by atoms with van der Waals surface area (Å²) in [5, 5.41) is 33.9. The summed E-state index contributed by atoms with van der Waals surface area (Å²) in [6.45, 7) is 5.99. The minimum Gasteiger partial charge on any atom is -0.390 e. The number of aliphatic hydroxyl groups excluding tert-OH is 3. The molecule has 6 N–H and O–H groups in total. The van der Waals surface area contributed by atoms with Crippen molar-refractivity contribution in [3.63, 3.8) is 0 Å². The third kappa shape index (κ3) is 3.50. The molecule has 7 atom stereocenters. The molecule has 1 aliphatic heterocycles. The molecule has 6 nitrogen and oxygen atoms in total. The second-order valence-corrected chi connectivity index (χ2v) is 9.09. The maximum absolute atomic E-state index is 13.0. The Hall–Kier alpha value is -0.950. The van der Waals surface area contributed by atoms with Gasteiger partial charge in [0.25, 0.3) is 0 Å². The van der Waals surface area contributed by atoms with Crippen LogP contribution in [0.5, 0.6) is 0 Å². The number of hydrogen-bond acceptors (Lipinski definition) is 6. The molecule has 7 unspecified atom stereocenters. The molecule has 0 aromatic carbocycles. The summed E-state index contributed by atoms with van der Waals surface area (Å²) in [6, 6.07) is -0.284. The maximum Gasteiger partial charge on any atom is 0.161 e. The lowest BCUT2D eigenvalue weighted by Crippen LogP contribution is -2.56. The second kappa shape index (κ2) is 6.65. The number of rotatable bonds is 2. The number of carbonyl (C=O) groups is 1. The largest absolute Gasteiger partial charge is 0.390 e. The summed E-state index contributed by atoms with van der Waals surface area (Å²) in [5.41, 5.74) is 7.69. The molecule has 142 valence electrons. The van der Waals surface area contributed by atoms with Crippen molar-refractivity contribution in [3.8, 4) is 0 Å². The molecule has 6 heteroatoms. The topological polar surface area (TPSA) is 116 Å². The van der Waals surface area contributed by atoms with E-state index in [4.69, 9.17) is 5.73 Å². The fraction of sp³-hybridized carbons (Fsp3) is 0.842. The SMILES string of the molecule is CC(N)C1C(O)NC2=C(C(=O)CC(C)(C)C2)C1C1CCC(O)C(O)C1. The van der Waals surface area contributed by atoms with E-state index < -0.39 is 18.4 Å². The number of ketones is 1. The molecule has 25 heavy (non-hydrogen) atoms. The van der Waals surface area contributed by atoms with Crippen LogP contribution in [-0.4, -0.2) is 45.6 Å². The van der Waals surface area contributed by atoms with Crippen LogP contribution in [0.15, 0.2) is 11.3 Å². The Morgan fingerprint density at radius 1 is 1.16 bits per heavy atom. The van der Waals surface area contributed by atoms with Gasteiger partial charge in [-0.3, -0.25) is 4.79 Å². The molecule has 0 amide bonds. The molecular formula is C19H32N2O4. The van der Waals surface area contributed by atoms with Crippen molar-refractivity contribution < 1.29 is 20.1 Å². The first-order valence-corrected chi connectivity index (χ1v) is 9.43. The van der Waals surface area contributed by atoms with Gasteiger partial charge in [-0.15, -0.1) is 0 Å². The van der Waals surface area contributed by atoms with Crippen LogP contribution in [0.4, 0.5) is 0 Å². The number of carbonyl (C=O) groups excluding carboxylic acids is 1. The number of aliphatic hydroxyl groups is 3. The second-order valence-electron chi connectivity index (χ2n) is 9.09. The Bertz CT molecular complexity index is 572. The minimum absolute atomic E-state index is 0.0429. The number of Topliss-reactive ketones (excluding diaryl/α,β-unsaturated/α-hetero) is 1. The van der Waals surface area contributed by atoms with Gasteiger partial charge in [-0.25, -0.2) is 0 Å². The molecule has 1 fully saturated rings. The predicted molar refractivity (Wildman–Crippen MR) is 94.2 cm³/mol. The lowest BCUT2D eigenvalue weighted by atomic mass is 9.61.